The average Bonchev–Trinajstić information content (AvgIpc) is 3.20. The largest absolute Gasteiger partial charge is 0.433 e. The number of carbonyl (C=O) groups excluding carboxylic acids is 1. The third-order valence-corrected chi connectivity index (χ3v) is 9.80. The molecule has 1 unspecified atom stereocenters. The van der Waals surface area contributed by atoms with Gasteiger partial charge in [-0.3, -0.25) is 0 Å². The first-order valence-electron chi connectivity index (χ1n) is 14.0. The molecule has 0 bridgehead atoms. The van der Waals surface area contributed by atoms with E-state index < -0.39 is 26.1 Å². The number of aromatic nitrogens is 2. The van der Waals surface area contributed by atoms with Gasteiger partial charge in [-0.1, -0.05) is 79.4 Å². The van der Waals surface area contributed by atoms with Crippen molar-refractivity contribution in [2.75, 3.05) is 6.61 Å². The molecule has 6 nitrogen and oxygen atoms in total. The lowest BCUT2D eigenvalue weighted by atomic mass is 10.1. The number of hydrogen-bond donors (Lipinski definition) is 0. The second-order valence-corrected chi connectivity index (χ2v) is 18.9. The number of amides is 1. The molecule has 0 aliphatic heterocycles. The maximum absolute atomic E-state index is 14.2. The van der Waals surface area contributed by atoms with Crippen LogP contribution in [0.3, 0.4) is 0 Å². The highest BCUT2D eigenvalue weighted by atomic mass is 35.5. The third kappa shape index (κ3) is 9.33. The van der Waals surface area contributed by atoms with Crippen molar-refractivity contribution >= 4 is 37.5 Å². The zero-order valence-corrected chi connectivity index (χ0v) is 28.0. The molecule has 0 N–H and O–H groups in total. The van der Waals surface area contributed by atoms with Gasteiger partial charge < -0.3 is 18.9 Å². The van der Waals surface area contributed by atoms with E-state index in [-0.39, 0.29) is 23.8 Å². The minimum absolute atomic E-state index is 0.0481. The molecule has 0 saturated carbocycles. The van der Waals surface area contributed by atoms with Gasteiger partial charge in [0.15, 0.2) is 11.9 Å². The number of hydrogen-bond acceptors (Lipinski definition) is 5. The zero-order chi connectivity index (χ0) is 30.3. The summed E-state index contributed by atoms with van der Waals surface area (Å²) >= 11 is 7.82. The molecule has 1 atom stereocenters. The van der Waals surface area contributed by atoms with Crippen LogP contribution in [0, 0.1) is 12.7 Å². The summed E-state index contributed by atoms with van der Waals surface area (Å²) in [6, 6.07) is 15.4. The Hall–Kier alpha value is -2.33. The van der Waals surface area contributed by atoms with Crippen molar-refractivity contribution in [3.05, 3.63) is 82.0 Å². The summed E-state index contributed by atoms with van der Waals surface area (Å²) in [5.74, 6) is 0.699. The Bertz CT molecular complexity index is 1290. The molecule has 0 saturated heterocycles. The second kappa shape index (κ2) is 14.7. The summed E-state index contributed by atoms with van der Waals surface area (Å²) in [5, 5.41) is 0.768. The van der Waals surface area contributed by atoms with E-state index in [2.05, 4.69) is 31.8 Å². The molecule has 2 aromatic carbocycles. The average molecular weight is 620 g/mol. The van der Waals surface area contributed by atoms with E-state index in [9.17, 15) is 9.18 Å². The van der Waals surface area contributed by atoms with E-state index in [0.717, 1.165) is 22.5 Å². The lowest BCUT2D eigenvalue weighted by Crippen LogP contribution is -2.43. The lowest BCUT2D eigenvalue weighted by Gasteiger charge is -2.31. The van der Waals surface area contributed by atoms with Crippen LogP contribution in [0.5, 0.6) is 0 Å². The van der Waals surface area contributed by atoms with Crippen LogP contribution in [-0.4, -0.2) is 47.3 Å². The monoisotopic (exact) mass is 619 g/mol. The van der Waals surface area contributed by atoms with Crippen LogP contribution >= 0.6 is 23.4 Å². The minimum atomic E-state index is -1.29. The van der Waals surface area contributed by atoms with Crippen LogP contribution in [0.15, 0.2) is 53.6 Å². The Morgan fingerprint density at radius 3 is 2.34 bits per heavy atom. The number of ether oxygens (including phenoxy) is 2. The Morgan fingerprint density at radius 1 is 1.10 bits per heavy atom. The van der Waals surface area contributed by atoms with E-state index in [4.69, 9.17) is 26.1 Å². The van der Waals surface area contributed by atoms with E-state index >= 15 is 0 Å². The number of halogens is 2. The molecule has 3 rings (SSSR count). The zero-order valence-electron chi connectivity index (χ0n) is 25.4. The molecule has 0 aliphatic rings. The van der Waals surface area contributed by atoms with Crippen molar-refractivity contribution in [3.63, 3.8) is 0 Å². The summed E-state index contributed by atoms with van der Waals surface area (Å²) in [5.41, 5.74) is 2.62. The van der Waals surface area contributed by atoms with Crippen molar-refractivity contribution < 1.29 is 18.7 Å². The van der Waals surface area contributed by atoms with Gasteiger partial charge in [-0.2, -0.15) is 0 Å². The van der Waals surface area contributed by atoms with Gasteiger partial charge in [-0.05, 0) is 58.4 Å². The molecule has 10 heteroatoms. The van der Waals surface area contributed by atoms with Gasteiger partial charge in [0.05, 0.1) is 10.7 Å². The van der Waals surface area contributed by atoms with Gasteiger partial charge in [0.2, 0.25) is 0 Å². The fraction of sp³-hybridized carbons (Fsp3) is 0.484. The maximum atomic E-state index is 14.2. The van der Waals surface area contributed by atoms with E-state index in [0.29, 0.717) is 18.0 Å². The van der Waals surface area contributed by atoms with Gasteiger partial charge in [-0.25, -0.2) is 14.2 Å². The molecule has 0 fully saturated rings. The van der Waals surface area contributed by atoms with Crippen LogP contribution in [0.1, 0.15) is 56.4 Å². The molecule has 41 heavy (non-hydrogen) atoms. The van der Waals surface area contributed by atoms with Crippen molar-refractivity contribution in [2.45, 2.75) is 96.0 Å². The van der Waals surface area contributed by atoms with E-state index in [1.807, 2.05) is 57.4 Å². The maximum Gasteiger partial charge on any atom is 0.411 e. The normalized spacial score (nSPS) is 12.7. The highest BCUT2D eigenvalue weighted by molar-refractivity contribution is 7.98. The molecule has 0 aliphatic carbocycles. The number of imidazole rings is 1. The van der Waals surface area contributed by atoms with Gasteiger partial charge in [-0.15, -0.1) is 0 Å². The van der Waals surface area contributed by atoms with Gasteiger partial charge in [0.1, 0.15) is 17.6 Å². The van der Waals surface area contributed by atoms with Crippen LogP contribution in [0.4, 0.5) is 9.18 Å². The molecule has 0 radical (unpaired) electrons. The van der Waals surface area contributed by atoms with Crippen LogP contribution in [0.25, 0.3) is 0 Å². The number of benzene rings is 2. The summed E-state index contributed by atoms with van der Waals surface area (Å²) < 4.78 is 28.5. The summed E-state index contributed by atoms with van der Waals surface area (Å²) in [7, 11) is -1.29. The molecular weight excluding hydrogens is 577 g/mol. The summed E-state index contributed by atoms with van der Waals surface area (Å²) in [4.78, 5) is 20.2. The van der Waals surface area contributed by atoms with Gasteiger partial charge in [0.25, 0.3) is 0 Å². The predicted molar refractivity (Wildman–Crippen MR) is 169 cm³/mol. The van der Waals surface area contributed by atoms with Crippen molar-refractivity contribution in [2.24, 2.45) is 0 Å². The quantitative estimate of drug-likeness (QED) is 0.109. The van der Waals surface area contributed by atoms with Gasteiger partial charge in [0, 0.05) is 38.1 Å². The van der Waals surface area contributed by atoms with Crippen LogP contribution in [-0.2, 0) is 22.0 Å². The minimum Gasteiger partial charge on any atom is -0.433 e. The fourth-order valence-corrected chi connectivity index (χ4v) is 6.34. The lowest BCUT2D eigenvalue weighted by molar-refractivity contribution is 0.0455. The number of nitrogens with zero attached hydrogens (tertiary/aromatic N) is 3. The Balaban J connectivity index is 2.06. The van der Waals surface area contributed by atoms with Gasteiger partial charge >= 0.3 is 6.09 Å². The molecule has 1 amide bonds. The van der Waals surface area contributed by atoms with Crippen LogP contribution < -0.4 is 0 Å². The Morgan fingerprint density at radius 2 is 1.76 bits per heavy atom. The molecule has 1 heterocycles. The molecular formula is C31H43ClFN3O3SSi. The number of carbonyl (C=O) groups is 1. The van der Waals surface area contributed by atoms with E-state index in [1.54, 1.807) is 22.7 Å². The van der Waals surface area contributed by atoms with Crippen molar-refractivity contribution in [1.82, 2.24) is 14.5 Å². The number of rotatable bonds is 13. The Kier molecular flexibility index (Phi) is 11.9. The van der Waals surface area contributed by atoms with Crippen LogP contribution in [0.2, 0.25) is 30.7 Å². The van der Waals surface area contributed by atoms with E-state index in [1.165, 1.54) is 17.7 Å². The summed E-state index contributed by atoms with van der Waals surface area (Å²) in [6.07, 6.45) is -1.41. The first-order valence-corrected chi connectivity index (χ1v) is 19.1. The standard InChI is InChI=1S/C31H43ClFN3O3SSi/c1-21(2)36(22(3)4)31(37)39-28(25-14-15-27(33)26(32)18-25)29-34-30(40-19-24-12-10-9-11-13-24)23(5)35(29)20-38-16-17-41(6,7)8/h9-15,18,21-22,28H,16-17,19-20H2,1-8H3. The smallest absolute Gasteiger partial charge is 0.411 e. The van der Waals surface area contributed by atoms with Crippen molar-refractivity contribution in [1.29, 1.82) is 0 Å². The SMILES string of the molecule is Cc1c(SCc2ccccc2)nc(C(OC(=O)N(C(C)C)C(C)C)c2ccc(F)c(Cl)c2)n1COCC[Si](C)(C)C. The topological polar surface area (TPSA) is 56.6 Å². The highest BCUT2D eigenvalue weighted by Gasteiger charge is 2.31. The number of thioether (sulfide) groups is 1. The second-order valence-electron chi connectivity index (χ2n) is 11.9. The first kappa shape index (κ1) is 33.2. The first-order chi connectivity index (χ1) is 19.3. The third-order valence-electron chi connectivity index (χ3n) is 6.67. The fourth-order valence-electron chi connectivity index (χ4n) is 4.42. The van der Waals surface area contributed by atoms with Crippen molar-refractivity contribution in [3.8, 4) is 0 Å². The Labute approximate surface area is 254 Å². The highest BCUT2D eigenvalue weighted by Crippen LogP contribution is 2.34. The predicted octanol–water partition coefficient (Wildman–Crippen LogP) is 8.93. The summed E-state index contributed by atoms with van der Waals surface area (Å²) in [6.45, 7) is 17.6. The molecule has 3 aromatic rings. The molecule has 1 aromatic heterocycles. The molecule has 0 spiro atoms. The molecule has 224 valence electrons.